The van der Waals surface area contributed by atoms with Gasteiger partial charge in [0.25, 0.3) is 0 Å². The number of nitrogens with one attached hydrogen (secondary N) is 1. The summed E-state index contributed by atoms with van der Waals surface area (Å²) in [6.45, 7) is 4.45. The summed E-state index contributed by atoms with van der Waals surface area (Å²) in [4.78, 5) is 16.7. The summed E-state index contributed by atoms with van der Waals surface area (Å²) in [5.74, 6) is 1.17. The molecule has 24 heavy (non-hydrogen) atoms. The summed E-state index contributed by atoms with van der Waals surface area (Å²) < 4.78 is 5.28. The Morgan fingerprint density at radius 1 is 1.25 bits per heavy atom. The minimum Gasteiger partial charge on any atom is -0.497 e. The molecule has 0 saturated carbocycles. The summed E-state index contributed by atoms with van der Waals surface area (Å²) in [6, 6.07) is 8.52. The largest absolute Gasteiger partial charge is 0.497 e. The highest BCUT2D eigenvalue weighted by Crippen LogP contribution is 2.22. The molecule has 1 unspecified atom stereocenters. The highest BCUT2D eigenvalue weighted by Gasteiger charge is 2.25. The second-order valence-corrected chi connectivity index (χ2v) is 6.07. The summed E-state index contributed by atoms with van der Waals surface area (Å²) in [7, 11) is 1.69. The molecule has 2 heterocycles. The lowest BCUT2D eigenvalue weighted by Gasteiger charge is -2.36. The van der Waals surface area contributed by atoms with Crippen molar-refractivity contribution in [3.8, 4) is 5.75 Å². The Morgan fingerprint density at radius 3 is 2.62 bits per heavy atom. The van der Waals surface area contributed by atoms with Crippen molar-refractivity contribution in [3.63, 3.8) is 0 Å². The third-order valence-electron chi connectivity index (χ3n) is 4.63. The zero-order valence-electron chi connectivity index (χ0n) is 14.1. The second-order valence-electron chi connectivity index (χ2n) is 6.07. The Balaban J connectivity index is 0.00000144. The first-order valence-electron chi connectivity index (χ1n) is 8.16. The van der Waals surface area contributed by atoms with Crippen molar-refractivity contribution in [1.29, 1.82) is 0 Å². The average Bonchev–Trinajstić information content (AvgIpc) is 3.08. The summed E-state index contributed by atoms with van der Waals surface area (Å²) in [6.07, 6.45) is 2.98. The average molecular weight is 376 g/mol. The molecular weight excluding hydrogens is 349 g/mol. The quantitative estimate of drug-likeness (QED) is 0.876. The normalized spacial score (nSPS) is 20.1. The van der Waals surface area contributed by atoms with Crippen LogP contribution in [0.3, 0.4) is 0 Å². The van der Waals surface area contributed by atoms with Gasteiger partial charge in [0.05, 0.1) is 7.11 Å². The van der Waals surface area contributed by atoms with Gasteiger partial charge < -0.3 is 19.9 Å². The van der Waals surface area contributed by atoms with Crippen molar-refractivity contribution in [1.82, 2.24) is 10.2 Å². The first kappa shape index (κ1) is 20.9. The minimum absolute atomic E-state index is 0. The number of ether oxygens (including phenoxy) is 1. The fourth-order valence-electron chi connectivity index (χ4n) is 3.29. The van der Waals surface area contributed by atoms with Crippen molar-refractivity contribution in [2.75, 3.05) is 44.7 Å². The van der Waals surface area contributed by atoms with E-state index in [9.17, 15) is 4.79 Å². The van der Waals surface area contributed by atoms with Crippen LogP contribution in [-0.4, -0.2) is 56.7 Å². The number of benzene rings is 1. The Hall–Kier alpha value is -1.17. The van der Waals surface area contributed by atoms with Crippen molar-refractivity contribution >= 4 is 36.4 Å². The van der Waals surface area contributed by atoms with Crippen LogP contribution in [0.25, 0.3) is 0 Å². The fraction of sp³-hybridized carbons (Fsp3) is 0.588. The SMILES string of the molecule is COc1cccc(N2CCN(C(=O)CC3CCCN3)CC2)c1.Cl.Cl. The minimum atomic E-state index is 0. The molecule has 0 spiro atoms. The lowest BCUT2D eigenvalue weighted by molar-refractivity contribution is -0.131. The number of rotatable bonds is 4. The lowest BCUT2D eigenvalue weighted by atomic mass is 10.1. The van der Waals surface area contributed by atoms with Crippen LogP contribution in [-0.2, 0) is 4.79 Å². The van der Waals surface area contributed by atoms with Crippen LogP contribution in [0.4, 0.5) is 5.69 Å². The number of amides is 1. The molecule has 0 aliphatic carbocycles. The topological polar surface area (TPSA) is 44.8 Å². The Labute approximate surface area is 156 Å². The van der Waals surface area contributed by atoms with Gasteiger partial charge in [-0.15, -0.1) is 24.8 Å². The Morgan fingerprint density at radius 2 is 2.00 bits per heavy atom. The monoisotopic (exact) mass is 375 g/mol. The molecule has 7 heteroatoms. The number of anilines is 1. The van der Waals surface area contributed by atoms with Gasteiger partial charge in [-0.3, -0.25) is 4.79 Å². The van der Waals surface area contributed by atoms with Gasteiger partial charge in [-0.2, -0.15) is 0 Å². The van der Waals surface area contributed by atoms with Crippen LogP contribution in [0.1, 0.15) is 19.3 Å². The molecule has 1 N–H and O–H groups in total. The van der Waals surface area contributed by atoms with E-state index >= 15 is 0 Å². The van der Waals surface area contributed by atoms with E-state index in [1.807, 2.05) is 17.0 Å². The maximum atomic E-state index is 12.3. The van der Waals surface area contributed by atoms with Crippen LogP contribution in [0.15, 0.2) is 24.3 Å². The molecule has 0 bridgehead atoms. The summed E-state index contributed by atoms with van der Waals surface area (Å²) in [5, 5.41) is 3.40. The zero-order chi connectivity index (χ0) is 15.4. The molecule has 3 rings (SSSR count). The Bertz CT molecular complexity index is 516. The molecule has 1 aromatic carbocycles. The number of carbonyl (C=O) groups excluding carboxylic acids is 1. The van der Waals surface area contributed by atoms with Gasteiger partial charge in [-0.05, 0) is 31.5 Å². The molecule has 2 saturated heterocycles. The fourth-order valence-corrected chi connectivity index (χ4v) is 3.29. The molecule has 1 aromatic rings. The maximum absolute atomic E-state index is 12.3. The molecule has 0 aromatic heterocycles. The van der Waals surface area contributed by atoms with Gasteiger partial charge in [-0.25, -0.2) is 0 Å². The number of piperazine rings is 1. The molecule has 2 fully saturated rings. The number of halogens is 2. The van der Waals surface area contributed by atoms with Gasteiger partial charge in [0.2, 0.25) is 5.91 Å². The van der Waals surface area contributed by atoms with E-state index < -0.39 is 0 Å². The van der Waals surface area contributed by atoms with E-state index in [1.165, 1.54) is 12.1 Å². The van der Waals surface area contributed by atoms with Crippen LogP contribution in [0.2, 0.25) is 0 Å². The van der Waals surface area contributed by atoms with E-state index in [-0.39, 0.29) is 24.8 Å². The first-order valence-corrected chi connectivity index (χ1v) is 8.16. The van der Waals surface area contributed by atoms with Crippen LogP contribution < -0.4 is 15.0 Å². The molecule has 136 valence electrons. The highest BCUT2D eigenvalue weighted by atomic mass is 35.5. The van der Waals surface area contributed by atoms with Gasteiger partial charge in [0.15, 0.2) is 0 Å². The van der Waals surface area contributed by atoms with Crippen LogP contribution in [0, 0.1) is 0 Å². The third kappa shape index (κ3) is 5.16. The standard InChI is InChI=1S/C17H25N3O2.2ClH/c1-22-16-6-2-5-15(13-16)19-8-10-20(11-9-19)17(21)12-14-4-3-7-18-14;;/h2,5-6,13-14,18H,3-4,7-12H2,1H3;2*1H. The third-order valence-corrected chi connectivity index (χ3v) is 4.63. The van der Waals surface area contributed by atoms with Gasteiger partial charge in [-0.1, -0.05) is 6.07 Å². The van der Waals surface area contributed by atoms with Crippen molar-refractivity contribution in [2.45, 2.75) is 25.3 Å². The molecule has 1 amide bonds. The summed E-state index contributed by atoms with van der Waals surface area (Å²) >= 11 is 0. The lowest BCUT2D eigenvalue weighted by Crippen LogP contribution is -2.49. The zero-order valence-corrected chi connectivity index (χ0v) is 15.7. The molecule has 0 radical (unpaired) electrons. The first-order chi connectivity index (χ1) is 10.8. The molecule has 1 atom stereocenters. The number of hydrogen-bond donors (Lipinski definition) is 1. The van der Waals surface area contributed by atoms with E-state index in [1.54, 1.807) is 7.11 Å². The second kappa shape index (κ2) is 9.97. The van der Waals surface area contributed by atoms with E-state index in [2.05, 4.69) is 22.3 Å². The van der Waals surface area contributed by atoms with Gasteiger partial charge in [0.1, 0.15) is 5.75 Å². The van der Waals surface area contributed by atoms with Gasteiger partial charge >= 0.3 is 0 Å². The van der Waals surface area contributed by atoms with E-state index in [0.717, 1.165) is 44.9 Å². The highest BCUT2D eigenvalue weighted by molar-refractivity contribution is 5.85. The van der Waals surface area contributed by atoms with Crippen molar-refractivity contribution < 1.29 is 9.53 Å². The number of methoxy groups -OCH3 is 1. The smallest absolute Gasteiger partial charge is 0.224 e. The number of nitrogens with zero attached hydrogens (tertiary/aromatic N) is 2. The van der Waals surface area contributed by atoms with E-state index in [4.69, 9.17) is 4.74 Å². The predicted molar refractivity (Wildman–Crippen MR) is 102 cm³/mol. The molecular formula is C17H27Cl2N3O2. The molecule has 2 aliphatic rings. The van der Waals surface area contributed by atoms with Crippen LogP contribution >= 0.6 is 24.8 Å². The summed E-state index contributed by atoms with van der Waals surface area (Å²) in [5.41, 5.74) is 1.17. The maximum Gasteiger partial charge on any atom is 0.224 e. The number of carbonyl (C=O) groups is 1. The van der Waals surface area contributed by atoms with Crippen molar-refractivity contribution in [3.05, 3.63) is 24.3 Å². The predicted octanol–water partition coefficient (Wildman–Crippen LogP) is 2.33. The van der Waals surface area contributed by atoms with Crippen molar-refractivity contribution in [2.24, 2.45) is 0 Å². The van der Waals surface area contributed by atoms with Crippen LogP contribution in [0.5, 0.6) is 5.75 Å². The van der Waals surface area contributed by atoms with Gasteiger partial charge in [0, 0.05) is 50.4 Å². The molecule has 5 nitrogen and oxygen atoms in total. The Kier molecular flexibility index (Phi) is 8.67. The molecule has 2 aliphatic heterocycles. The van der Waals surface area contributed by atoms with E-state index in [0.29, 0.717) is 18.4 Å². The number of hydrogen-bond acceptors (Lipinski definition) is 4.